The number of nitriles is 1. The fourth-order valence-electron chi connectivity index (χ4n) is 2.69. The van der Waals surface area contributed by atoms with Gasteiger partial charge in [-0.15, -0.1) is 0 Å². The Hall–Kier alpha value is -2.51. The number of sulfone groups is 1. The van der Waals surface area contributed by atoms with Gasteiger partial charge in [-0.25, -0.2) is 13.4 Å². The first-order valence-corrected chi connectivity index (χ1v) is 11.2. The largest absolute Gasteiger partial charge is 0.306 e. The van der Waals surface area contributed by atoms with Crippen LogP contribution < -0.4 is 0 Å². The Kier molecular flexibility index (Phi) is 5.65. The number of fused-ring (bicyclic) bond motifs is 1. The molecule has 0 saturated carbocycles. The summed E-state index contributed by atoms with van der Waals surface area (Å²) in [5, 5.41) is 9.37. The lowest BCUT2D eigenvalue weighted by Crippen LogP contribution is -2.16. The van der Waals surface area contributed by atoms with E-state index in [1.807, 2.05) is 0 Å². The van der Waals surface area contributed by atoms with Gasteiger partial charge in [0.15, 0.2) is 9.84 Å². The maximum Gasteiger partial charge on any atom is 0.288 e. The summed E-state index contributed by atoms with van der Waals surface area (Å²) in [6, 6.07) is 6.64. The van der Waals surface area contributed by atoms with Crippen molar-refractivity contribution in [1.82, 2.24) is 14.4 Å². The SMILES string of the molecule is CCS(=O)(=O)c1cc(C(C)(C)C#N)cnc1-c1cn2ccc(SC(F)F)cc2n1. The van der Waals surface area contributed by atoms with Crippen molar-refractivity contribution in [2.24, 2.45) is 0 Å². The fraction of sp³-hybridized carbons (Fsp3) is 0.316. The second-order valence-electron chi connectivity index (χ2n) is 6.84. The molecule has 0 aliphatic carbocycles. The highest BCUT2D eigenvalue weighted by Crippen LogP contribution is 2.32. The maximum absolute atomic E-state index is 12.7. The number of hydrogen-bond donors (Lipinski definition) is 0. The van der Waals surface area contributed by atoms with E-state index in [1.54, 1.807) is 30.6 Å². The number of hydrogen-bond acceptors (Lipinski definition) is 6. The predicted molar refractivity (Wildman–Crippen MR) is 107 cm³/mol. The highest BCUT2D eigenvalue weighted by atomic mass is 32.2. The zero-order chi connectivity index (χ0) is 21.4. The van der Waals surface area contributed by atoms with E-state index in [1.165, 1.54) is 31.3 Å². The van der Waals surface area contributed by atoms with Crippen LogP contribution in [0.15, 0.2) is 46.6 Å². The second kappa shape index (κ2) is 7.72. The molecule has 3 heterocycles. The van der Waals surface area contributed by atoms with Crippen LogP contribution in [0.2, 0.25) is 0 Å². The minimum atomic E-state index is -3.65. The number of nitrogens with zero attached hydrogens (tertiary/aromatic N) is 4. The Bertz CT molecular complexity index is 1210. The highest BCUT2D eigenvalue weighted by molar-refractivity contribution is 7.99. The molecule has 0 radical (unpaired) electrons. The molecule has 0 aromatic carbocycles. The van der Waals surface area contributed by atoms with Crippen molar-refractivity contribution in [3.8, 4) is 17.5 Å². The molecule has 3 rings (SSSR count). The molecule has 0 spiro atoms. The first-order valence-electron chi connectivity index (χ1n) is 8.66. The van der Waals surface area contributed by atoms with Gasteiger partial charge in [0, 0.05) is 23.5 Å². The number of pyridine rings is 2. The molecular weight excluding hydrogens is 418 g/mol. The van der Waals surface area contributed by atoms with Crippen LogP contribution in [0.3, 0.4) is 0 Å². The maximum atomic E-state index is 12.7. The van der Waals surface area contributed by atoms with E-state index in [4.69, 9.17) is 0 Å². The van der Waals surface area contributed by atoms with Crippen molar-refractivity contribution in [2.45, 2.75) is 41.7 Å². The molecule has 0 saturated heterocycles. The zero-order valence-electron chi connectivity index (χ0n) is 15.9. The number of imidazole rings is 1. The smallest absolute Gasteiger partial charge is 0.288 e. The molecule has 10 heteroatoms. The molecule has 0 atom stereocenters. The highest BCUT2D eigenvalue weighted by Gasteiger charge is 2.27. The van der Waals surface area contributed by atoms with Gasteiger partial charge in [-0.2, -0.15) is 14.0 Å². The monoisotopic (exact) mass is 436 g/mol. The molecule has 6 nitrogen and oxygen atoms in total. The molecule has 152 valence electrons. The van der Waals surface area contributed by atoms with Gasteiger partial charge in [0.25, 0.3) is 5.76 Å². The van der Waals surface area contributed by atoms with Crippen molar-refractivity contribution >= 4 is 27.2 Å². The number of alkyl halides is 2. The zero-order valence-corrected chi connectivity index (χ0v) is 17.6. The van der Waals surface area contributed by atoms with Crippen molar-refractivity contribution in [2.75, 3.05) is 5.75 Å². The van der Waals surface area contributed by atoms with Gasteiger partial charge in [0.1, 0.15) is 17.0 Å². The van der Waals surface area contributed by atoms with Gasteiger partial charge >= 0.3 is 0 Å². The summed E-state index contributed by atoms with van der Waals surface area (Å²) in [7, 11) is -3.65. The lowest BCUT2D eigenvalue weighted by molar-refractivity contribution is 0.252. The Balaban J connectivity index is 2.18. The molecule has 0 bridgehead atoms. The molecule has 0 aliphatic rings. The minimum absolute atomic E-state index is 0.00795. The van der Waals surface area contributed by atoms with Gasteiger partial charge in [0.05, 0.1) is 22.1 Å². The first-order chi connectivity index (χ1) is 13.6. The summed E-state index contributed by atoms with van der Waals surface area (Å²) < 4.78 is 52.3. The Morgan fingerprint density at radius 3 is 2.69 bits per heavy atom. The topological polar surface area (TPSA) is 88.1 Å². The number of aromatic nitrogens is 3. The van der Waals surface area contributed by atoms with Gasteiger partial charge in [-0.05, 0) is 37.6 Å². The lowest BCUT2D eigenvalue weighted by atomic mass is 9.87. The van der Waals surface area contributed by atoms with Crippen LogP contribution in [-0.2, 0) is 15.3 Å². The van der Waals surface area contributed by atoms with E-state index < -0.39 is 21.0 Å². The molecule has 0 aliphatic heterocycles. The normalized spacial score (nSPS) is 12.4. The molecule has 0 fully saturated rings. The average molecular weight is 437 g/mol. The molecule has 0 N–H and O–H groups in total. The van der Waals surface area contributed by atoms with Crippen molar-refractivity contribution in [3.05, 3.63) is 42.4 Å². The first kappa shape index (κ1) is 21.2. The van der Waals surface area contributed by atoms with E-state index in [0.29, 0.717) is 33.6 Å². The average Bonchev–Trinajstić information content (AvgIpc) is 3.10. The predicted octanol–water partition coefficient (Wildman–Crippen LogP) is 4.31. The van der Waals surface area contributed by atoms with Crippen LogP contribution in [-0.4, -0.2) is 34.3 Å². The number of rotatable bonds is 6. The summed E-state index contributed by atoms with van der Waals surface area (Å²) in [6.45, 7) is 4.89. The standard InChI is InChI=1S/C19H18F2N4O2S2/c1-4-29(26,27)15-7-12(19(2,3)11-22)9-23-17(15)14-10-25-6-5-13(28-18(20)21)8-16(25)24-14/h5-10,18H,4H2,1-3H3. The third kappa shape index (κ3) is 4.26. The summed E-state index contributed by atoms with van der Waals surface area (Å²) in [5.74, 6) is -2.69. The van der Waals surface area contributed by atoms with Crippen molar-refractivity contribution in [1.29, 1.82) is 5.26 Å². The van der Waals surface area contributed by atoms with E-state index in [9.17, 15) is 22.5 Å². The number of thioether (sulfide) groups is 1. The van der Waals surface area contributed by atoms with E-state index in [2.05, 4.69) is 16.0 Å². The van der Waals surface area contributed by atoms with Gasteiger partial charge in [-0.3, -0.25) is 4.98 Å². The second-order valence-corrected chi connectivity index (χ2v) is 10.2. The third-order valence-electron chi connectivity index (χ3n) is 4.47. The Morgan fingerprint density at radius 2 is 2.07 bits per heavy atom. The van der Waals surface area contributed by atoms with Gasteiger partial charge in [0.2, 0.25) is 0 Å². The minimum Gasteiger partial charge on any atom is -0.306 e. The van der Waals surface area contributed by atoms with E-state index >= 15 is 0 Å². The van der Waals surface area contributed by atoms with Crippen molar-refractivity contribution in [3.63, 3.8) is 0 Å². The van der Waals surface area contributed by atoms with Crippen LogP contribution in [0.25, 0.3) is 17.0 Å². The van der Waals surface area contributed by atoms with Crippen LogP contribution in [0.5, 0.6) is 0 Å². The molecule has 0 amide bonds. The fourth-order valence-corrected chi connectivity index (χ4v) is 4.28. The van der Waals surface area contributed by atoms with Crippen LogP contribution in [0, 0.1) is 11.3 Å². The molecule has 3 aromatic rings. The lowest BCUT2D eigenvalue weighted by Gasteiger charge is -2.17. The third-order valence-corrected chi connectivity index (χ3v) is 6.91. The molecule has 0 unspecified atom stereocenters. The summed E-state index contributed by atoms with van der Waals surface area (Å²) >= 11 is 0.408. The van der Waals surface area contributed by atoms with E-state index in [-0.39, 0.29) is 16.3 Å². The quantitative estimate of drug-likeness (QED) is 0.535. The van der Waals surface area contributed by atoms with Gasteiger partial charge in [-0.1, -0.05) is 18.7 Å². The molecule has 3 aromatic heterocycles. The van der Waals surface area contributed by atoms with Crippen LogP contribution in [0.1, 0.15) is 26.3 Å². The van der Waals surface area contributed by atoms with Crippen molar-refractivity contribution < 1.29 is 17.2 Å². The van der Waals surface area contributed by atoms with Crippen LogP contribution >= 0.6 is 11.8 Å². The molecular formula is C19H18F2N4O2S2. The van der Waals surface area contributed by atoms with E-state index in [0.717, 1.165) is 0 Å². The summed E-state index contributed by atoms with van der Waals surface area (Å²) in [6.07, 6.45) is 4.64. The summed E-state index contributed by atoms with van der Waals surface area (Å²) in [5.41, 5.74) is 0.432. The summed E-state index contributed by atoms with van der Waals surface area (Å²) in [4.78, 5) is 9.04. The number of halogens is 2. The Labute approximate surface area is 171 Å². The molecule has 29 heavy (non-hydrogen) atoms. The van der Waals surface area contributed by atoms with Crippen LogP contribution in [0.4, 0.5) is 8.78 Å². The van der Waals surface area contributed by atoms with Gasteiger partial charge < -0.3 is 4.40 Å². The Morgan fingerprint density at radius 1 is 1.34 bits per heavy atom.